The van der Waals surface area contributed by atoms with E-state index < -0.39 is 6.10 Å². The van der Waals surface area contributed by atoms with E-state index in [-0.39, 0.29) is 34.9 Å². The number of carbonyl (C=O) groups is 2. The van der Waals surface area contributed by atoms with Crippen LogP contribution in [0.2, 0.25) is 0 Å². The fourth-order valence-corrected chi connectivity index (χ4v) is 8.89. The summed E-state index contributed by atoms with van der Waals surface area (Å²) in [5.74, 6) is 2.08. The predicted molar refractivity (Wildman–Crippen MR) is 168 cm³/mol. The van der Waals surface area contributed by atoms with Crippen molar-refractivity contribution in [1.29, 1.82) is 0 Å². The number of likely N-dealkylation sites (tertiary alicyclic amines) is 1. The molecule has 44 heavy (non-hydrogen) atoms. The first-order valence-electron chi connectivity index (χ1n) is 16.1. The maximum Gasteiger partial charge on any atom is 0.415 e. The summed E-state index contributed by atoms with van der Waals surface area (Å²) < 4.78 is 18.9. The molecule has 2 bridgehead atoms. The molecule has 0 aromatic heterocycles. The number of hydrogen-bond donors (Lipinski definition) is 2. The molecule has 3 heterocycles. The summed E-state index contributed by atoms with van der Waals surface area (Å²) in [5.41, 5.74) is 7.89. The van der Waals surface area contributed by atoms with Crippen molar-refractivity contribution in [1.82, 2.24) is 24.9 Å². The smallest absolute Gasteiger partial charge is 0.415 e. The first-order valence-corrected chi connectivity index (χ1v) is 16.1. The molecule has 5 aliphatic rings. The van der Waals surface area contributed by atoms with Crippen molar-refractivity contribution in [3.63, 3.8) is 0 Å². The van der Waals surface area contributed by atoms with E-state index in [1.807, 2.05) is 32.1 Å². The predicted octanol–water partition coefficient (Wildman–Crippen LogP) is 1.79. The average Bonchev–Trinajstić information content (AvgIpc) is 3.35. The van der Waals surface area contributed by atoms with E-state index >= 15 is 0 Å². The van der Waals surface area contributed by atoms with Crippen LogP contribution in [0.5, 0.6) is 11.5 Å². The van der Waals surface area contributed by atoms with E-state index in [1.165, 1.54) is 11.1 Å². The minimum absolute atomic E-state index is 0.0469. The third-order valence-corrected chi connectivity index (χ3v) is 11.3. The van der Waals surface area contributed by atoms with E-state index in [1.54, 1.807) is 12.0 Å². The lowest BCUT2D eigenvalue weighted by Crippen LogP contribution is -2.69. The van der Waals surface area contributed by atoms with Gasteiger partial charge in [-0.15, -0.1) is 0 Å². The summed E-state index contributed by atoms with van der Waals surface area (Å²) >= 11 is 0. The molecule has 2 fully saturated rings. The highest BCUT2D eigenvalue weighted by Gasteiger charge is 2.70. The molecule has 3 N–H and O–H groups in total. The van der Waals surface area contributed by atoms with Crippen molar-refractivity contribution in [2.45, 2.75) is 68.7 Å². The Morgan fingerprint density at radius 2 is 2.02 bits per heavy atom. The molecule has 1 aromatic rings. The first-order chi connectivity index (χ1) is 21.0. The molecule has 6 rings (SSSR count). The standard InChI is InChI=1S/C33H50N6O5/c1-32-12-11-25(29-33(32)13-15-38(5)26(32)18-21-9-10-24(42-6)28(44-29)27(21)33)43-31(41)39-17-16-37(4)20-22(39)19-35-30(40)23(36(2)3)8-7-14-34/h9-11,22-23,26,29H,7-8,12-20,34H2,1-6H3,(H,35,40)/t22?,23-,26+,29?,32-,33-/m0/s1. The van der Waals surface area contributed by atoms with Gasteiger partial charge in [0.05, 0.1) is 24.6 Å². The number of carbonyl (C=O) groups excluding carboxylic acids is 2. The van der Waals surface area contributed by atoms with Gasteiger partial charge in [0.25, 0.3) is 0 Å². The number of amides is 2. The van der Waals surface area contributed by atoms with Crippen molar-refractivity contribution in [3.8, 4) is 11.5 Å². The molecule has 242 valence electrons. The highest BCUT2D eigenvalue weighted by atomic mass is 16.6. The summed E-state index contributed by atoms with van der Waals surface area (Å²) in [4.78, 5) is 35.5. The Kier molecular flexibility index (Phi) is 8.36. The lowest BCUT2D eigenvalue weighted by atomic mass is 9.45. The monoisotopic (exact) mass is 610 g/mol. The van der Waals surface area contributed by atoms with Crippen molar-refractivity contribution in [3.05, 3.63) is 35.1 Å². The zero-order valence-corrected chi connectivity index (χ0v) is 27.2. The molecule has 11 heteroatoms. The van der Waals surface area contributed by atoms with Crippen molar-refractivity contribution in [2.75, 3.05) is 74.6 Å². The Balaban J connectivity index is 1.24. The molecule has 1 spiro atoms. The van der Waals surface area contributed by atoms with Crippen LogP contribution in [0.25, 0.3) is 0 Å². The van der Waals surface area contributed by atoms with Gasteiger partial charge in [0.2, 0.25) is 5.91 Å². The zero-order chi connectivity index (χ0) is 31.4. The summed E-state index contributed by atoms with van der Waals surface area (Å²) in [6.45, 7) is 6.14. The lowest BCUT2D eigenvalue weighted by molar-refractivity contribution is -0.126. The quantitative estimate of drug-likeness (QED) is 0.432. The first kappa shape index (κ1) is 31.1. The van der Waals surface area contributed by atoms with Gasteiger partial charge in [0, 0.05) is 43.2 Å². The van der Waals surface area contributed by atoms with Gasteiger partial charge >= 0.3 is 6.09 Å². The second-order valence-corrected chi connectivity index (χ2v) is 13.9. The van der Waals surface area contributed by atoms with E-state index in [2.05, 4.69) is 41.2 Å². The fraction of sp³-hybridized carbons (Fsp3) is 0.697. The number of rotatable bonds is 9. The van der Waals surface area contributed by atoms with Gasteiger partial charge in [-0.25, -0.2) is 4.79 Å². The van der Waals surface area contributed by atoms with Gasteiger partial charge in [-0.2, -0.15) is 0 Å². The molecule has 11 nitrogen and oxygen atoms in total. The molecule has 0 saturated carbocycles. The van der Waals surface area contributed by atoms with E-state index in [0.717, 1.165) is 50.3 Å². The van der Waals surface area contributed by atoms with Crippen LogP contribution in [0.1, 0.15) is 43.7 Å². The molecule has 3 aliphatic heterocycles. The molecule has 0 radical (unpaired) electrons. The molecular formula is C33H50N6O5. The number of piperazine rings is 1. The van der Waals surface area contributed by atoms with Crippen LogP contribution < -0.4 is 20.5 Å². The lowest BCUT2D eigenvalue weighted by Gasteiger charge is -2.63. The van der Waals surface area contributed by atoms with Gasteiger partial charge in [0.1, 0.15) is 5.76 Å². The number of hydrogen-bond acceptors (Lipinski definition) is 9. The number of benzene rings is 1. The second-order valence-electron chi connectivity index (χ2n) is 13.9. The van der Waals surface area contributed by atoms with Crippen LogP contribution >= 0.6 is 0 Å². The fourth-order valence-electron chi connectivity index (χ4n) is 8.89. The molecule has 2 unspecified atom stereocenters. The molecular weight excluding hydrogens is 560 g/mol. The largest absolute Gasteiger partial charge is 0.493 e. The SMILES string of the molecule is COc1ccc2c3c1OC1C(OC(=O)N4CCN(C)CC4CNC(=O)[C@H](CCCN)N(C)C)=CC[C@@]4(C)[C@@H](C2)N(C)CC[C@]314. The zero-order valence-electron chi connectivity index (χ0n) is 27.2. The van der Waals surface area contributed by atoms with Crippen molar-refractivity contribution >= 4 is 12.0 Å². The van der Waals surface area contributed by atoms with Gasteiger partial charge in [-0.05, 0) is 91.1 Å². The van der Waals surface area contributed by atoms with E-state index in [0.29, 0.717) is 44.4 Å². The second kappa shape index (κ2) is 11.8. The van der Waals surface area contributed by atoms with E-state index in [4.69, 9.17) is 19.9 Å². The van der Waals surface area contributed by atoms with Crippen LogP contribution in [0.15, 0.2) is 24.0 Å². The minimum Gasteiger partial charge on any atom is -0.493 e. The topological polar surface area (TPSA) is 113 Å². The van der Waals surface area contributed by atoms with Gasteiger partial charge in [-0.3, -0.25) is 9.69 Å². The molecule has 1 aromatic carbocycles. The number of nitrogens with zero attached hydrogens (tertiary/aromatic N) is 4. The van der Waals surface area contributed by atoms with Gasteiger partial charge in [0.15, 0.2) is 17.6 Å². The summed E-state index contributed by atoms with van der Waals surface area (Å²) in [6, 6.07) is 4.09. The Hall–Kier alpha value is -2.86. The Bertz CT molecular complexity index is 1320. The molecule has 2 amide bonds. The number of nitrogens with one attached hydrogen (secondary N) is 1. The Morgan fingerprint density at radius 1 is 1.23 bits per heavy atom. The highest BCUT2D eigenvalue weighted by Crippen LogP contribution is 2.68. The van der Waals surface area contributed by atoms with Crippen LogP contribution in [0.4, 0.5) is 4.79 Å². The maximum absolute atomic E-state index is 14.0. The summed E-state index contributed by atoms with van der Waals surface area (Å²) in [5, 5.41) is 3.11. The summed E-state index contributed by atoms with van der Waals surface area (Å²) in [6.07, 6.45) is 5.46. The number of nitrogens with two attached hydrogens (primary N) is 1. The number of ether oxygens (including phenoxy) is 3. The van der Waals surface area contributed by atoms with Crippen molar-refractivity contribution in [2.24, 2.45) is 11.1 Å². The summed E-state index contributed by atoms with van der Waals surface area (Å²) in [7, 11) is 9.76. The van der Waals surface area contributed by atoms with Gasteiger partial charge < -0.3 is 40.0 Å². The van der Waals surface area contributed by atoms with Crippen LogP contribution in [0, 0.1) is 5.41 Å². The molecule has 2 aliphatic carbocycles. The third kappa shape index (κ3) is 4.78. The van der Waals surface area contributed by atoms with Gasteiger partial charge in [-0.1, -0.05) is 13.0 Å². The average molecular weight is 611 g/mol. The Morgan fingerprint density at radius 3 is 2.75 bits per heavy atom. The Labute approximate surface area is 261 Å². The molecule has 2 saturated heterocycles. The number of methoxy groups -OCH3 is 1. The third-order valence-electron chi connectivity index (χ3n) is 11.3. The van der Waals surface area contributed by atoms with Crippen LogP contribution in [-0.2, 0) is 21.4 Å². The highest BCUT2D eigenvalue weighted by molar-refractivity contribution is 5.81. The van der Waals surface area contributed by atoms with Crippen molar-refractivity contribution < 1.29 is 23.8 Å². The van der Waals surface area contributed by atoms with Crippen LogP contribution in [0.3, 0.4) is 0 Å². The molecule has 6 atom stereocenters. The number of piperidine rings is 1. The number of likely N-dealkylation sites (N-methyl/N-ethyl adjacent to an activating group) is 3. The van der Waals surface area contributed by atoms with Crippen LogP contribution in [-0.4, -0.2) is 130 Å². The number of allylic oxidation sites excluding steroid dienone is 1. The maximum atomic E-state index is 14.0. The normalized spacial score (nSPS) is 31.6. The van der Waals surface area contributed by atoms with E-state index in [9.17, 15) is 9.59 Å². The minimum atomic E-state index is -0.402.